The zero-order valence-electron chi connectivity index (χ0n) is 16.5. The molecule has 4 rings (SSSR count). The minimum Gasteiger partial charge on any atom is -0.341 e. The minimum absolute atomic E-state index is 0.0469. The lowest BCUT2D eigenvalue weighted by Gasteiger charge is -2.18. The average Bonchev–Trinajstić information content (AvgIpc) is 3.07. The van der Waals surface area contributed by atoms with Crippen molar-refractivity contribution in [3.05, 3.63) is 97.2 Å². The Bertz CT molecular complexity index is 1360. The second-order valence-electron chi connectivity index (χ2n) is 7.26. The van der Waals surface area contributed by atoms with Crippen molar-refractivity contribution in [3.63, 3.8) is 0 Å². The topological polar surface area (TPSA) is 58.2 Å². The molecular formula is C22H10BrClF6N2O2. The zero-order valence-corrected chi connectivity index (χ0v) is 18.8. The van der Waals surface area contributed by atoms with Crippen molar-refractivity contribution in [2.45, 2.75) is 12.2 Å². The van der Waals surface area contributed by atoms with Crippen LogP contribution < -0.4 is 10.6 Å². The van der Waals surface area contributed by atoms with Crippen LogP contribution in [0, 0.1) is 17.5 Å². The van der Waals surface area contributed by atoms with Crippen molar-refractivity contribution in [3.8, 4) is 0 Å². The second-order valence-corrected chi connectivity index (χ2v) is 8.58. The number of rotatable bonds is 3. The normalized spacial score (nSPS) is 15.2. The monoisotopic (exact) mass is 562 g/mol. The van der Waals surface area contributed by atoms with Gasteiger partial charge >= 0.3 is 6.18 Å². The number of alkyl halides is 3. The predicted octanol–water partition coefficient (Wildman–Crippen LogP) is 6.62. The summed E-state index contributed by atoms with van der Waals surface area (Å²) in [6, 6.07) is 5.20. The molecule has 1 heterocycles. The number of carbonyl (C=O) groups is 2. The molecule has 12 heteroatoms. The molecule has 3 aromatic carbocycles. The third-order valence-electron chi connectivity index (χ3n) is 5.07. The first kappa shape index (κ1) is 24.1. The molecule has 0 bridgehead atoms. The number of carbonyl (C=O) groups excluding carboxylic acids is 2. The van der Waals surface area contributed by atoms with Crippen LogP contribution in [0.1, 0.15) is 43.4 Å². The molecule has 0 saturated heterocycles. The Kier molecular flexibility index (Phi) is 6.11. The van der Waals surface area contributed by atoms with Gasteiger partial charge in [-0.15, -0.1) is 0 Å². The van der Waals surface area contributed by atoms with Gasteiger partial charge in [0.2, 0.25) is 0 Å². The number of benzene rings is 3. The molecule has 0 fully saturated rings. The van der Waals surface area contributed by atoms with Crippen molar-refractivity contribution >= 4 is 45.0 Å². The number of halogens is 8. The molecule has 176 valence electrons. The van der Waals surface area contributed by atoms with Crippen LogP contribution in [-0.2, 0) is 6.18 Å². The lowest BCUT2D eigenvalue weighted by Crippen LogP contribution is -2.21. The molecule has 1 atom stereocenters. The first-order valence-electron chi connectivity index (χ1n) is 9.33. The van der Waals surface area contributed by atoms with Crippen LogP contribution in [0.25, 0.3) is 0 Å². The van der Waals surface area contributed by atoms with Crippen LogP contribution in [0.3, 0.4) is 0 Å². The van der Waals surface area contributed by atoms with Gasteiger partial charge in [0.1, 0.15) is 5.82 Å². The van der Waals surface area contributed by atoms with Gasteiger partial charge in [-0.1, -0.05) is 27.5 Å². The quantitative estimate of drug-likeness (QED) is 0.352. The Morgan fingerprint density at radius 1 is 1.06 bits per heavy atom. The van der Waals surface area contributed by atoms with Gasteiger partial charge < -0.3 is 10.6 Å². The highest BCUT2D eigenvalue weighted by Gasteiger charge is 2.36. The average molecular weight is 564 g/mol. The SMILES string of the molecule is O=C(Nc1cc(Br)cc2c1C(c1cc(F)ccc1Cl)NC2=O)c1cc(C(F)(F)F)cc(F)c1F. The molecule has 3 aromatic rings. The van der Waals surface area contributed by atoms with E-state index in [1.54, 1.807) is 0 Å². The molecule has 0 aliphatic carbocycles. The maximum absolute atomic E-state index is 14.2. The van der Waals surface area contributed by atoms with Gasteiger partial charge in [0.25, 0.3) is 11.8 Å². The summed E-state index contributed by atoms with van der Waals surface area (Å²) in [6.45, 7) is 0. The van der Waals surface area contributed by atoms with Gasteiger partial charge in [-0.2, -0.15) is 13.2 Å². The van der Waals surface area contributed by atoms with E-state index in [-0.39, 0.29) is 39.5 Å². The molecule has 0 saturated carbocycles. The fourth-order valence-corrected chi connectivity index (χ4v) is 4.26. The number of hydrogen-bond donors (Lipinski definition) is 2. The van der Waals surface area contributed by atoms with Crippen LogP contribution in [0.5, 0.6) is 0 Å². The summed E-state index contributed by atoms with van der Waals surface area (Å²) in [6.07, 6.45) is -5.03. The van der Waals surface area contributed by atoms with E-state index in [2.05, 4.69) is 26.6 Å². The van der Waals surface area contributed by atoms with Crippen molar-refractivity contribution < 1.29 is 35.9 Å². The number of fused-ring (bicyclic) bond motifs is 1. The molecule has 0 aromatic heterocycles. The summed E-state index contributed by atoms with van der Waals surface area (Å²) in [7, 11) is 0. The van der Waals surface area contributed by atoms with E-state index in [0.717, 1.165) is 12.1 Å². The van der Waals surface area contributed by atoms with Crippen LogP contribution in [0.15, 0.2) is 46.9 Å². The van der Waals surface area contributed by atoms with Crippen LogP contribution in [0.2, 0.25) is 5.02 Å². The Morgan fingerprint density at radius 2 is 1.76 bits per heavy atom. The second kappa shape index (κ2) is 8.62. The Labute approximate surface area is 201 Å². The number of nitrogens with one attached hydrogen (secondary N) is 2. The number of anilines is 1. The third-order valence-corrected chi connectivity index (χ3v) is 5.87. The summed E-state index contributed by atoms with van der Waals surface area (Å²) in [5, 5.41) is 4.91. The van der Waals surface area contributed by atoms with Crippen LogP contribution in [-0.4, -0.2) is 11.8 Å². The first-order valence-corrected chi connectivity index (χ1v) is 10.5. The fraction of sp³-hybridized carbons (Fsp3) is 0.0909. The van der Waals surface area contributed by atoms with E-state index in [0.29, 0.717) is 4.47 Å². The fourth-order valence-electron chi connectivity index (χ4n) is 3.58. The first-order chi connectivity index (χ1) is 15.9. The molecule has 2 amide bonds. The van der Waals surface area contributed by atoms with Gasteiger partial charge in [-0.05, 0) is 42.5 Å². The molecular weight excluding hydrogens is 554 g/mol. The highest BCUT2D eigenvalue weighted by molar-refractivity contribution is 9.10. The van der Waals surface area contributed by atoms with Gasteiger partial charge in [0, 0.05) is 31.9 Å². The van der Waals surface area contributed by atoms with Crippen molar-refractivity contribution in [2.24, 2.45) is 0 Å². The Morgan fingerprint density at radius 3 is 2.44 bits per heavy atom. The van der Waals surface area contributed by atoms with Gasteiger partial charge in [-0.25, -0.2) is 13.2 Å². The van der Waals surface area contributed by atoms with Crippen LogP contribution >= 0.6 is 27.5 Å². The number of hydrogen-bond acceptors (Lipinski definition) is 2. The molecule has 4 nitrogen and oxygen atoms in total. The standard InChI is InChI=1S/C22H10BrClF6N2O2/c23-9-5-12-17(19(32-20(12)33)11-7-10(25)1-2-14(11)24)16(6-9)31-21(34)13-3-8(22(28,29)30)4-15(26)18(13)27/h1-7,19H,(H,31,34)(H,32,33). The molecule has 2 N–H and O–H groups in total. The van der Waals surface area contributed by atoms with Crippen molar-refractivity contribution in [2.75, 3.05) is 5.32 Å². The van der Waals surface area contributed by atoms with E-state index in [4.69, 9.17) is 11.6 Å². The highest BCUT2D eigenvalue weighted by atomic mass is 79.9. The van der Waals surface area contributed by atoms with Gasteiger partial charge in [-0.3, -0.25) is 9.59 Å². The smallest absolute Gasteiger partial charge is 0.341 e. The predicted molar refractivity (Wildman–Crippen MR) is 114 cm³/mol. The summed E-state index contributed by atoms with van der Waals surface area (Å²) in [5.74, 6) is -6.30. The number of amides is 2. The minimum atomic E-state index is -5.03. The van der Waals surface area contributed by atoms with Crippen molar-refractivity contribution in [1.29, 1.82) is 0 Å². The molecule has 34 heavy (non-hydrogen) atoms. The van der Waals surface area contributed by atoms with E-state index in [1.165, 1.54) is 18.2 Å². The van der Waals surface area contributed by atoms with Gasteiger partial charge in [0.15, 0.2) is 11.6 Å². The maximum Gasteiger partial charge on any atom is 0.416 e. The molecule has 1 unspecified atom stereocenters. The lowest BCUT2D eigenvalue weighted by molar-refractivity contribution is -0.137. The lowest BCUT2D eigenvalue weighted by atomic mass is 9.96. The Balaban J connectivity index is 1.82. The van der Waals surface area contributed by atoms with Crippen LogP contribution in [0.4, 0.5) is 32.0 Å². The van der Waals surface area contributed by atoms with E-state index >= 15 is 0 Å². The van der Waals surface area contributed by atoms with E-state index in [9.17, 15) is 35.9 Å². The largest absolute Gasteiger partial charge is 0.416 e. The van der Waals surface area contributed by atoms with Crippen molar-refractivity contribution in [1.82, 2.24) is 5.32 Å². The zero-order chi connectivity index (χ0) is 24.9. The third kappa shape index (κ3) is 4.37. The summed E-state index contributed by atoms with van der Waals surface area (Å²) < 4.78 is 81.3. The maximum atomic E-state index is 14.2. The summed E-state index contributed by atoms with van der Waals surface area (Å²) in [4.78, 5) is 25.3. The van der Waals surface area contributed by atoms with E-state index in [1.807, 2.05) is 0 Å². The molecule has 1 aliphatic rings. The van der Waals surface area contributed by atoms with Gasteiger partial charge in [0.05, 0.1) is 17.2 Å². The molecule has 0 radical (unpaired) electrons. The molecule has 1 aliphatic heterocycles. The highest BCUT2D eigenvalue weighted by Crippen LogP contribution is 2.41. The summed E-state index contributed by atoms with van der Waals surface area (Å²) >= 11 is 9.32. The Hall–Kier alpha value is -3.05. The van der Waals surface area contributed by atoms with E-state index < -0.39 is 52.6 Å². The summed E-state index contributed by atoms with van der Waals surface area (Å²) in [5.41, 5.74) is -2.57. The molecule has 0 spiro atoms.